The first-order chi connectivity index (χ1) is 9.72. The Hall–Kier alpha value is -1.59. The normalized spacial score (nSPS) is 12.6. The summed E-state index contributed by atoms with van der Waals surface area (Å²) < 4.78 is 0. The number of hydrogen-bond donors (Lipinski definition) is 3. The van der Waals surface area contributed by atoms with Gasteiger partial charge in [0.1, 0.15) is 0 Å². The molecule has 6 heteroatoms. The predicted molar refractivity (Wildman–Crippen MR) is 80.9 cm³/mol. The maximum absolute atomic E-state index is 11.6. The number of rotatable bonds is 9. The van der Waals surface area contributed by atoms with Gasteiger partial charge < -0.3 is 10.4 Å². The molecule has 0 bridgehead atoms. The van der Waals surface area contributed by atoms with Crippen molar-refractivity contribution in [3.63, 3.8) is 0 Å². The van der Waals surface area contributed by atoms with E-state index in [1.807, 2.05) is 0 Å². The quantitative estimate of drug-likeness (QED) is 0.609. The first kappa shape index (κ1) is 19.4. The number of imide groups is 1. The van der Waals surface area contributed by atoms with Crippen LogP contribution in [0.4, 0.5) is 4.79 Å². The van der Waals surface area contributed by atoms with Crippen molar-refractivity contribution < 1.29 is 19.5 Å². The fourth-order valence-electron chi connectivity index (χ4n) is 1.87. The van der Waals surface area contributed by atoms with Gasteiger partial charge in [0.15, 0.2) is 0 Å². The summed E-state index contributed by atoms with van der Waals surface area (Å²) in [6, 6.07) is -0.559. The first-order valence-electron chi connectivity index (χ1n) is 7.54. The number of aliphatic carboxylic acids is 1. The highest BCUT2D eigenvalue weighted by Gasteiger charge is 2.30. The fourth-order valence-corrected chi connectivity index (χ4v) is 1.87. The molecule has 0 aromatic carbocycles. The Morgan fingerprint density at radius 1 is 1.19 bits per heavy atom. The number of unbranched alkanes of at least 4 members (excludes halogenated alkanes) is 1. The van der Waals surface area contributed by atoms with Crippen molar-refractivity contribution in [3.05, 3.63) is 0 Å². The molecule has 1 unspecified atom stereocenters. The maximum Gasteiger partial charge on any atom is 0.321 e. The van der Waals surface area contributed by atoms with E-state index < -0.39 is 23.3 Å². The van der Waals surface area contributed by atoms with Crippen LogP contribution in [0.25, 0.3) is 0 Å². The Bertz CT molecular complexity index is 367. The Morgan fingerprint density at radius 2 is 1.81 bits per heavy atom. The highest BCUT2D eigenvalue weighted by atomic mass is 16.4. The minimum Gasteiger partial charge on any atom is -0.481 e. The molecule has 122 valence electrons. The lowest BCUT2D eigenvalue weighted by Gasteiger charge is -2.18. The molecule has 0 fully saturated rings. The van der Waals surface area contributed by atoms with E-state index in [0.29, 0.717) is 12.5 Å². The zero-order valence-corrected chi connectivity index (χ0v) is 13.5. The summed E-state index contributed by atoms with van der Waals surface area (Å²) in [6.07, 6.45) is 4.02. The number of carboxylic acid groups (broad SMARTS) is 1. The van der Waals surface area contributed by atoms with Crippen LogP contribution in [-0.4, -0.2) is 29.6 Å². The molecule has 6 nitrogen and oxygen atoms in total. The topological polar surface area (TPSA) is 95.5 Å². The van der Waals surface area contributed by atoms with E-state index in [1.165, 1.54) is 13.8 Å². The van der Waals surface area contributed by atoms with Gasteiger partial charge in [-0.2, -0.15) is 0 Å². The molecule has 0 saturated carbocycles. The second-order valence-corrected chi connectivity index (χ2v) is 6.04. The lowest BCUT2D eigenvalue weighted by Crippen LogP contribution is -2.43. The molecular formula is C15H28N2O4. The molecule has 0 aliphatic rings. The Kier molecular flexibility index (Phi) is 8.66. The summed E-state index contributed by atoms with van der Waals surface area (Å²) in [6.45, 7) is 7.61. The van der Waals surface area contributed by atoms with Gasteiger partial charge in [-0.05, 0) is 26.2 Å². The van der Waals surface area contributed by atoms with E-state index in [0.717, 1.165) is 25.7 Å². The van der Waals surface area contributed by atoms with Crippen LogP contribution in [-0.2, 0) is 9.59 Å². The lowest BCUT2D eigenvalue weighted by molar-refractivity contribution is -0.149. The molecule has 0 aromatic rings. The minimum absolute atomic E-state index is 0.233. The van der Waals surface area contributed by atoms with E-state index >= 15 is 0 Å². The second kappa shape index (κ2) is 9.37. The van der Waals surface area contributed by atoms with Crippen LogP contribution in [0.5, 0.6) is 0 Å². The van der Waals surface area contributed by atoms with E-state index in [-0.39, 0.29) is 6.42 Å². The van der Waals surface area contributed by atoms with Gasteiger partial charge in [0.05, 0.1) is 5.41 Å². The van der Waals surface area contributed by atoms with Crippen LogP contribution in [0.1, 0.15) is 59.8 Å². The third kappa shape index (κ3) is 8.32. The molecule has 0 heterocycles. The third-order valence-corrected chi connectivity index (χ3v) is 3.53. The molecule has 1 atom stereocenters. The predicted octanol–water partition coefficient (Wildman–Crippen LogP) is 2.53. The number of amides is 3. The summed E-state index contributed by atoms with van der Waals surface area (Å²) >= 11 is 0. The average molecular weight is 300 g/mol. The SMILES string of the molecule is CCCCC(CC)CNC(=O)NC(=O)CC(C)(C)C(=O)O. The smallest absolute Gasteiger partial charge is 0.321 e. The Morgan fingerprint density at radius 3 is 2.29 bits per heavy atom. The van der Waals surface area contributed by atoms with Gasteiger partial charge in [-0.15, -0.1) is 0 Å². The second-order valence-electron chi connectivity index (χ2n) is 6.04. The van der Waals surface area contributed by atoms with Crippen molar-refractivity contribution in [3.8, 4) is 0 Å². The van der Waals surface area contributed by atoms with Crippen LogP contribution in [0.3, 0.4) is 0 Å². The molecule has 0 saturated heterocycles. The van der Waals surface area contributed by atoms with Gasteiger partial charge in [0.25, 0.3) is 0 Å². The monoisotopic (exact) mass is 300 g/mol. The van der Waals surface area contributed by atoms with Gasteiger partial charge in [-0.25, -0.2) is 4.79 Å². The van der Waals surface area contributed by atoms with Gasteiger partial charge in [-0.3, -0.25) is 14.9 Å². The van der Waals surface area contributed by atoms with Gasteiger partial charge >= 0.3 is 12.0 Å². The van der Waals surface area contributed by atoms with Crippen molar-refractivity contribution in [2.24, 2.45) is 11.3 Å². The maximum atomic E-state index is 11.6. The van der Waals surface area contributed by atoms with Crippen LogP contribution < -0.4 is 10.6 Å². The summed E-state index contributed by atoms with van der Waals surface area (Å²) in [4.78, 5) is 34.2. The molecule has 0 aliphatic carbocycles. The minimum atomic E-state index is -1.18. The van der Waals surface area contributed by atoms with Gasteiger partial charge in [0, 0.05) is 13.0 Å². The van der Waals surface area contributed by atoms with E-state index in [1.54, 1.807) is 0 Å². The van der Waals surface area contributed by atoms with Crippen molar-refractivity contribution in [2.75, 3.05) is 6.54 Å². The third-order valence-electron chi connectivity index (χ3n) is 3.53. The molecule has 0 aliphatic heterocycles. The summed E-state index contributed by atoms with van der Waals surface area (Å²) in [5, 5.41) is 13.8. The number of carbonyl (C=O) groups is 3. The number of urea groups is 1. The standard InChI is InChI=1S/C15H28N2O4/c1-5-7-8-11(6-2)10-16-14(21)17-12(18)9-15(3,4)13(19)20/h11H,5-10H2,1-4H3,(H,19,20)(H2,16,17,18,21). The van der Waals surface area contributed by atoms with Crippen LogP contribution >= 0.6 is 0 Å². The van der Waals surface area contributed by atoms with Crippen LogP contribution in [0, 0.1) is 11.3 Å². The van der Waals surface area contributed by atoms with Gasteiger partial charge in [0.2, 0.25) is 5.91 Å². The summed E-state index contributed by atoms with van der Waals surface area (Å²) in [7, 11) is 0. The molecule has 0 rings (SSSR count). The van der Waals surface area contributed by atoms with Crippen molar-refractivity contribution in [2.45, 2.75) is 59.8 Å². The Labute approximate surface area is 126 Å². The molecular weight excluding hydrogens is 272 g/mol. The molecule has 0 spiro atoms. The first-order valence-corrected chi connectivity index (χ1v) is 7.54. The summed E-state index contributed by atoms with van der Waals surface area (Å²) in [5.74, 6) is -1.24. The highest BCUT2D eigenvalue weighted by Crippen LogP contribution is 2.19. The zero-order valence-electron chi connectivity index (χ0n) is 13.5. The van der Waals surface area contributed by atoms with E-state index in [4.69, 9.17) is 5.11 Å². The van der Waals surface area contributed by atoms with Crippen molar-refractivity contribution >= 4 is 17.9 Å². The van der Waals surface area contributed by atoms with E-state index in [9.17, 15) is 14.4 Å². The molecule has 21 heavy (non-hydrogen) atoms. The molecule has 3 N–H and O–H groups in total. The largest absolute Gasteiger partial charge is 0.481 e. The van der Waals surface area contributed by atoms with E-state index in [2.05, 4.69) is 24.5 Å². The number of hydrogen-bond acceptors (Lipinski definition) is 3. The number of carboxylic acids is 1. The fraction of sp³-hybridized carbons (Fsp3) is 0.800. The Balaban J connectivity index is 4.14. The van der Waals surface area contributed by atoms with Gasteiger partial charge in [-0.1, -0.05) is 33.1 Å². The summed E-state index contributed by atoms with van der Waals surface area (Å²) in [5.41, 5.74) is -1.18. The van der Waals surface area contributed by atoms with Crippen molar-refractivity contribution in [1.82, 2.24) is 10.6 Å². The average Bonchev–Trinajstić information content (AvgIpc) is 2.37. The highest BCUT2D eigenvalue weighted by molar-refractivity contribution is 5.96. The zero-order chi connectivity index (χ0) is 16.5. The molecule has 0 radical (unpaired) electrons. The van der Waals surface area contributed by atoms with Crippen LogP contribution in [0.15, 0.2) is 0 Å². The lowest BCUT2D eigenvalue weighted by atomic mass is 9.89. The number of carbonyl (C=O) groups excluding carboxylic acids is 2. The van der Waals surface area contributed by atoms with Crippen molar-refractivity contribution in [1.29, 1.82) is 0 Å². The number of nitrogens with one attached hydrogen (secondary N) is 2. The van der Waals surface area contributed by atoms with Crippen LogP contribution in [0.2, 0.25) is 0 Å². The molecule has 0 aromatic heterocycles. The molecule has 3 amide bonds.